The fourth-order valence-corrected chi connectivity index (χ4v) is 1.96. The fourth-order valence-electron chi connectivity index (χ4n) is 1.96. The summed E-state index contributed by atoms with van der Waals surface area (Å²) in [6, 6.07) is 10.7. The number of nitro groups is 1. The van der Waals surface area contributed by atoms with E-state index in [9.17, 15) is 10.1 Å². The minimum Gasteiger partial charge on any atom is -0.370 e. The summed E-state index contributed by atoms with van der Waals surface area (Å²) in [4.78, 5) is 15.1. The lowest BCUT2D eigenvalue weighted by molar-refractivity contribution is -0.384. The van der Waals surface area contributed by atoms with Crippen LogP contribution >= 0.6 is 0 Å². The minimum atomic E-state index is -0.388. The second-order valence-corrected chi connectivity index (χ2v) is 4.59. The second kappa shape index (κ2) is 6.14. The van der Waals surface area contributed by atoms with Gasteiger partial charge in [-0.25, -0.2) is 4.98 Å². The van der Waals surface area contributed by atoms with Crippen molar-refractivity contribution < 1.29 is 4.92 Å². The van der Waals surface area contributed by atoms with Gasteiger partial charge in [-0.15, -0.1) is 0 Å². The van der Waals surface area contributed by atoms with Crippen LogP contribution in [0.4, 0.5) is 11.5 Å². The summed E-state index contributed by atoms with van der Waals surface area (Å²) in [5.41, 5.74) is 2.63. The molecule has 1 aromatic heterocycles. The van der Waals surface area contributed by atoms with Gasteiger partial charge in [0.05, 0.1) is 16.7 Å². The van der Waals surface area contributed by atoms with E-state index in [1.807, 2.05) is 38.1 Å². The Bertz CT molecular complexity index is 626. The molecule has 1 heterocycles. The summed E-state index contributed by atoms with van der Waals surface area (Å²) in [7, 11) is 0. The molecule has 2 rings (SSSR count). The highest BCUT2D eigenvalue weighted by Crippen LogP contribution is 2.27. The van der Waals surface area contributed by atoms with Crippen LogP contribution < -0.4 is 5.32 Å². The lowest BCUT2D eigenvalue weighted by Crippen LogP contribution is -2.04. The molecule has 0 saturated carbocycles. The third-order valence-corrected chi connectivity index (χ3v) is 3.00. The van der Waals surface area contributed by atoms with Crippen LogP contribution in [-0.2, 0) is 0 Å². The van der Waals surface area contributed by atoms with Crippen molar-refractivity contribution in [3.05, 3.63) is 52.1 Å². The molecule has 20 heavy (non-hydrogen) atoms. The van der Waals surface area contributed by atoms with Crippen LogP contribution in [0.25, 0.3) is 11.3 Å². The van der Waals surface area contributed by atoms with E-state index in [1.165, 1.54) is 12.1 Å². The van der Waals surface area contributed by atoms with Gasteiger partial charge in [0.1, 0.15) is 5.82 Å². The SMILES string of the molecule is CCCNc1cc([N+](=O)[O-])cc(-c2ccccc2C)n1. The van der Waals surface area contributed by atoms with Crippen molar-refractivity contribution in [1.82, 2.24) is 4.98 Å². The molecular formula is C15H17N3O2. The molecule has 0 aliphatic rings. The molecule has 1 aromatic carbocycles. The zero-order valence-corrected chi connectivity index (χ0v) is 11.6. The standard InChI is InChI=1S/C15H17N3O2/c1-3-8-16-15-10-12(18(19)20)9-14(17-15)13-7-5-4-6-11(13)2/h4-7,9-10H,3,8H2,1-2H3,(H,16,17). The van der Waals surface area contributed by atoms with E-state index in [-0.39, 0.29) is 10.6 Å². The number of aromatic nitrogens is 1. The van der Waals surface area contributed by atoms with Gasteiger partial charge in [-0.2, -0.15) is 0 Å². The highest BCUT2D eigenvalue weighted by Gasteiger charge is 2.13. The number of nitrogens with zero attached hydrogens (tertiary/aromatic N) is 2. The van der Waals surface area contributed by atoms with Crippen LogP contribution in [0.15, 0.2) is 36.4 Å². The third-order valence-electron chi connectivity index (χ3n) is 3.00. The van der Waals surface area contributed by atoms with Crippen LogP contribution in [-0.4, -0.2) is 16.5 Å². The number of hydrogen-bond acceptors (Lipinski definition) is 4. The quantitative estimate of drug-likeness (QED) is 0.663. The van der Waals surface area contributed by atoms with Crippen molar-refractivity contribution >= 4 is 11.5 Å². The van der Waals surface area contributed by atoms with Gasteiger partial charge in [0.15, 0.2) is 0 Å². The van der Waals surface area contributed by atoms with E-state index >= 15 is 0 Å². The molecule has 0 fully saturated rings. The molecular weight excluding hydrogens is 254 g/mol. The summed E-state index contributed by atoms with van der Waals surface area (Å²) < 4.78 is 0. The normalized spacial score (nSPS) is 10.3. The lowest BCUT2D eigenvalue weighted by Gasteiger charge is -2.09. The van der Waals surface area contributed by atoms with Gasteiger partial charge in [-0.3, -0.25) is 10.1 Å². The van der Waals surface area contributed by atoms with Crippen molar-refractivity contribution in [3.8, 4) is 11.3 Å². The largest absolute Gasteiger partial charge is 0.370 e. The number of anilines is 1. The van der Waals surface area contributed by atoms with Gasteiger partial charge in [-0.05, 0) is 18.9 Å². The fraction of sp³-hybridized carbons (Fsp3) is 0.267. The molecule has 0 unspecified atom stereocenters. The molecule has 104 valence electrons. The van der Waals surface area contributed by atoms with E-state index in [1.54, 1.807) is 0 Å². The molecule has 5 heteroatoms. The first-order valence-corrected chi connectivity index (χ1v) is 6.58. The van der Waals surface area contributed by atoms with E-state index in [2.05, 4.69) is 10.3 Å². The van der Waals surface area contributed by atoms with E-state index in [4.69, 9.17) is 0 Å². The molecule has 0 aliphatic carbocycles. The van der Waals surface area contributed by atoms with E-state index in [0.29, 0.717) is 11.5 Å². The number of rotatable bonds is 5. The summed E-state index contributed by atoms with van der Waals surface area (Å²) in [6.07, 6.45) is 0.935. The number of hydrogen-bond donors (Lipinski definition) is 1. The monoisotopic (exact) mass is 271 g/mol. The average molecular weight is 271 g/mol. The average Bonchev–Trinajstić information content (AvgIpc) is 2.45. The van der Waals surface area contributed by atoms with Crippen molar-refractivity contribution in [1.29, 1.82) is 0 Å². The predicted molar refractivity (Wildman–Crippen MR) is 79.8 cm³/mol. The maximum atomic E-state index is 11.0. The summed E-state index contributed by atoms with van der Waals surface area (Å²) in [5.74, 6) is 0.541. The Morgan fingerprint density at radius 2 is 2.05 bits per heavy atom. The van der Waals surface area contributed by atoms with Crippen LogP contribution in [0, 0.1) is 17.0 Å². The Kier molecular flexibility index (Phi) is 4.30. The maximum Gasteiger partial charge on any atom is 0.275 e. The van der Waals surface area contributed by atoms with Crippen molar-refractivity contribution in [2.75, 3.05) is 11.9 Å². The van der Waals surface area contributed by atoms with E-state index < -0.39 is 0 Å². The van der Waals surface area contributed by atoms with Crippen LogP contribution in [0.5, 0.6) is 0 Å². The molecule has 2 aromatic rings. The van der Waals surface area contributed by atoms with Gasteiger partial charge in [0, 0.05) is 18.2 Å². The molecule has 1 N–H and O–H groups in total. The molecule has 0 radical (unpaired) electrons. The first-order chi connectivity index (χ1) is 9.61. The van der Waals surface area contributed by atoms with Crippen LogP contribution in [0.2, 0.25) is 0 Å². The predicted octanol–water partition coefficient (Wildman–Crippen LogP) is 3.79. The lowest BCUT2D eigenvalue weighted by atomic mass is 10.1. The number of pyridine rings is 1. The summed E-state index contributed by atoms with van der Waals surface area (Å²) in [6.45, 7) is 4.74. The Hall–Kier alpha value is -2.43. The number of nitrogens with one attached hydrogen (secondary N) is 1. The van der Waals surface area contributed by atoms with Crippen LogP contribution in [0.3, 0.4) is 0 Å². The van der Waals surface area contributed by atoms with E-state index in [0.717, 1.165) is 24.1 Å². The summed E-state index contributed by atoms with van der Waals surface area (Å²) in [5, 5.41) is 14.1. The highest BCUT2D eigenvalue weighted by atomic mass is 16.6. The molecule has 5 nitrogen and oxygen atoms in total. The first-order valence-electron chi connectivity index (χ1n) is 6.58. The Balaban J connectivity index is 2.49. The topological polar surface area (TPSA) is 68.1 Å². The zero-order chi connectivity index (χ0) is 14.5. The van der Waals surface area contributed by atoms with Crippen LogP contribution in [0.1, 0.15) is 18.9 Å². The second-order valence-electron chi connectivity index (χ2n) is 4.59. The van der Waals surface area contributed by atoms with Crippen molar-refractivity contribution in [2.45, 2.75) is 20.3 Å². The van der Waals surface area contributed by atoms with Gasteiger partial charge >= 0.3 is 0 Å². The van der Waals surface area contributed by atoms with Crippen molar-refractivity contribution in [2.24, 2.45) is 0 Å². The maximum absolute atomic E-state index is 11.0. The van der Waals surface area contributed by atoms with Gasteiger partial charge in [-0.1, -0.05) is 31.2 Å². The molecule has 0 saturated heterocycles. The molecule has 0 bridgehead atoms. The van der Waals surface area contributed by atoms with Gasteiger partial charge in [0.2, 0.25) is 0 Å². The number of aryl methyl sites for hydroxylation is 1. The highest BCUT2D eigenvalue weighted by molar-refractivity contribution is 5.68. The smallest absolute Gasteiger partial charge is 0.275 e. The first kappa shape index (κ1) is 14.0. The molecule has 0 atom stereocenters. The molecule has 0 aliphatic heterocycles. The number of benzene rings is 1. The Morgan fingerprint density at radius 3 is 2.70 bits per heavy atom. The van der Waals surface area contributed by atoms with Gasteiger partial charge in [0.25, 0.3) is 5.69 Å². The van der Waals surface area contributed by atoms with Crippen molar-refractivity contribution in [3.63, 3.8) is 0 Å². The zero-order valence-electron chi connectivity index (χ0n) is 11.6. The Morgan fingerprint density at radius 1 is 1.30 bits per heavy atom. The molecule has 0 amide bonds. The minimum absolute atomic E-state index is 0.0526. The summed E-state index contributed by atoms with van der Waals surface area (Å²) >= 11 is 0. The van der Waals surface area contributed by atoms with Gasteiger partial charge < -0.3 is 5.32 Å². The Labute approximate surface area is 117 Å². The molecule has 0 spiro atoms. The third kappa shape index (κ3) is 3.12.